The van der Waals surface area contributed by atoms with Crippen LogP contribution in [0.25, 0.3) is 0 Å². The summed E-state index contributed by atoms with van der Waals surface area (Å²) in [6.45, 7) is 5.47. The number of fused-ring (bicyclic) bond motifs is 2. The lowest BCUT2D eigenvalue weighted by Crippen LogP contribution is -2.45. The number of hydrogen-bond donors (Lipinski definition) is 3. The van der Waals surface area contributed by atoms with Crippen LogP contribution in [0.4, 0.5) is 0 Å². The number of aliphatic hydroxyl groups is 1. The molecule has 0 saturated carbocycles. The van der Waals surface area contributed by atoms with Crippen molar-refractivity contribution in [2.45, 2.75) is 44.4 Å². The van der Waals surface area contributed by atoms with E-state index in [1.807, 2.05) is 18.5 Å². The summed E-state index contributed by atoms with van der Waals surface area (Å²) in [5.74, 6) is -0.108. The Morgan fingerprint density at radius 1 is 1.52 bits per heavy atom. The SMILES string of the molecule is CC(O)CNC(=O)c1cc2c(s1)C1(CCN(Cc3cn[nH]c3)CC1)OCC2. The lowest BCUT2D eigenvalue weighted by molar-refractivity contribution is -0.0960. The highest BCUT2D eigenvalue weighted by molar-refractivity contribution is 7.14. The Morgan fingerprint density at radius 3 is 3.04 bits per heavy atom. The number of piperidine rings is 1. The van der Waals surface area contributed by atoms with Gasteiger partial charge in [0.15, 0.2) is 0 Å². The Balaban J connectivity index is 1.46. The highest BCUT2D eigenvalue weighted by atomic mass is 32.1. The minimum Gasteiger partial charge on any atom is -0.392 e. The molecular weight excluding hydrogens is 364 g/mol. The maximum absolute atomic E-state index is 12.4. The number of carbonyl (C=O) groups is 1. The summed E-state index contributed by atoms with van der Waals surface area (Å²) in [6, 6.07) is 2.01. The van der Waals surface area contributed by atoms with Gasteiger partial charge < -0.3 is 15.2 Å². The molecule has 27 heavy (non-hydrogen) atoms. The van der Waals surface area contributed by atoms with E-state index in [1.165, 1.54) is 16.0 Å². The van der Waals surface area contributed by atoms with Crippen LogP contribution in [0.3, 0.4) is 0 Å². The number of amides is 1. The van der Waals surface area contributed by atoms with E-state index in [9.17, 15) is 9.90 Å². The standard InChI is InChI=1S/C19H26N4O3S/c1-13(24)9-20-18(25)16-8-15-2-7-26-19(17(15)27-16)3-5-23(6-4-19)12-14-10-21-22-11-14/h8,10-11,13,24H,2-7,9,12H2,1H3,(H,20,25)(H,21,22). The first-order chi connectivity index (χ1) is 13.1. The van der Waals surface area contributed by atoms with Crippen molar-refractivity contribution in [1.82, 2.24) is 20.4 Å². The molecule has 1 saturated heterocycles. The molecule has 1 spiro atoms. The fraction of sp³-hybridized carbons (Fsp3) is 0.579. The quantitative estimate of drug-likeness (QED) is 0.722. The average Bonchev–Trinajstić information content (AvgIpc) is 3.32. The molecule has 1 amide bonds. The largest absolute Gasteiger partial charge is 0.392 e. The van der Waals surface area contributed by atoms with Gasteiger partial charge in [-0.3, -0.25) is 14.8 Å². The van der Waals surface area contributed by atoms with Gasteiger partial charge in [0.25, 0.3) is 5.91 Å². The molecule has 2 aromatic rings. The monoisotopic (exact) mass is 390 g/mol. The second kappa shape index (κ2) is 7.71. The number of hydrogen-bond acceptors (Lipinski definition) is 6. The predicted molar refractivity (Wildman–Crippen MR) is 103 cm³/mol. The molecule has 2 aliphatic heterocycles. The second-order valence-electron chi connectivity index (χ2n) is 7.50. The van der Waals surface area contributed by atoms with E-state index in [4.69, 9.17) is 4.74 Å². The first kappa shape index (κ1) is 18.6. The number of nitrogens with zero attached hydrogens (tertiary/aromatic N) is 2. The molecule has 1 atom stereocenters. The molecule has 0 aromatic carbocycles. The molecule has 2 aromatic heterocycles. The molecule has 4 rings (SSSR count). The third kappa shape index (κ3) is 3.94. The van der Waals surface area contributed by atoms with Crippen molar-refractivity contribution in [2.75, 3.05) is 26.2 Å². The van der Waals surface area contributed by atoms with Crippen molar-refractivity contribution in [3.05, 3.63) is 39.3 Å². The van der Waals surface area contributed by atoms with E-state index in [2.05, 4.69) is 20.4 Å². The molecule has 3 N–H and O–H groups in total. The van der Waals surface area contributed by atoms with E-state index < -0.39 is 6.10 Å². The number of nitrogens with one attached hydrogen (secondary N) is 2. The number of likely N-dealkylation sites (tertiary alicyclic amines) is 1. The van der Waals surface area contributed by atoms with Crippen molar-refractivity contribution in [3.63, 3.8) is 0 Å². The van der Waals surface area contributed by atoms with Gasteiger partial charge in [-0.2, -0.15) is 5.10 Å². The van der Waals surface area contributed by atoms with E-state index in [0.29, 0.717) is 11.5 Å². The van der Waals surface area contributed by atoms with E-state index in [0.717, 1.165) is 38.9 Å². The van der Waals surface area contributed by atoms with Crippen LogP contribution in [-0.4, -0.2) is 58.5 Å². The first-order valence-electron chi connectivity index (χ1n) is 9.49. The van der Waals surface area contributed by atoms with E-state index in [1.54, 1.807) is 18.3 Å². The number of rotatable bonds is 5. The Kier molecular flexibility index (Phi) is 5.32. The minimum atomic E-state index is -0.544. The molecule has 0 radical (unpaired) electrons. The van der Waals surface area contributed by atoms with Gasteiger partial charge in [0.2, 0.25) is 0 Å². The van der Waals surface area contributed by atoms with Crippen LogP contribution < -0.4 is 5.32 Å². The van der Waals surface area contributed by atoms with Crippen LogP contribution in [0, 0.1) is 0 Å². The van der Waals surface area contributed by atoms with Gasteiger partial charge in [-0.1, -0.05) is 0 Å². The van der Waals surface area contributed by atoms with Crippen LogP contribution in [0.15, 0.2) is 18.5 Å². The van der Waals surface area contributed by atoms with Crippen LogP contribution in [0.5, 0.6) is 0 Å². The predicted octanol–water partition coefficient (Wildman–Crippen LogP) is 1.65. The number of carbonyl (C=O) groups excluding carboxylic acids is 1. The average molecular weight is 391 g/mol. The van der Waals surface area contributed by atoms with Gasteiger partial charge >= 0.3 is 0 Å². The highest BCUT2D eigenvalue weighted by Gasteiger charge is 2.42. The summed E-state index contributed by atoms with van der Waals surface area (Å²) in [7, 11) is 0. The van der Waals surface area contributed by atoms with Crippen molar-refractivity contribution in [3.8, 4) is 0 Å². The molecular formula is C19H26N4O3S. The maximum Gasteiger partial charge on any atom is 0.261 e. The molecule has 2 aliphatic rings. The molecule has 146 valence electrons. The van der Waals surface area contributed by atoms with Crippen LogP contribution in [0.1, 0.15) is 45.4 Å². The van der Waals surface area contributed by atoms with Crippen molar-refractivity contribution in [1.29, 1.82) is 0 Å². The smallest absolute Gasteiger partial charge is 0.261 e. The number of aliphatic hydroxyl groups excluding tert-OH is 1. The normalized spacial score (nSPS) is 20.4. The maximum atomic E-state index is 12.4. The van der Waals surface area contributed by atoms with E-state index >= 15 is 0 Å². The summed E-state index contributed by atoms with van der Waals surface area (Å²) in [5, 5.41) is 19.1. The molecule has 1 fully saturated rings. The number of aromatic amines is 1. The van der Waals surface area contributed by atoms with Crippen LogP contribution >= 0.6 is 11.3 Å². The fourth-order valence-electron chi connectivity index (χ4n) is 3.93. The van der Waals surface area contributed by atoms with Crippen molar-refractivity contribution >= 4 is 17.2 Å². The van der Waals surface area contributed by atoms with Crippen molar-refractivity contribution < 1.29 is 14.6 Å². The fourth-order valence-corrected chi connectivity index (χ4v) is 5.25. The third-order valence-electron chi connectivity index (χ3n) is 5.38. The number of aromatic nitrogens is 2. The highest BCUT2D eigenvalue weighted by Crippen LogP contribution is 2.45. The Morgan fingerprint density at radius 2 is 2.33 bits per heavy atom. The second-order valence-corrected chi connectivity index (χ2v) is 8.55. The summed E-state index contributed by atoms with van der Waals surface area (Å²) in [5.41, 5.74) is 2.19. The number of H-pyrrole nitrogens is 1. The van der Waals surface area contributed by atoms with Crippen LogP contribution in [-0.2, 0) is 23.3 Å². The molecule has 7 nitrogen and oxygen atoms in total. The van der Waals surface area contributed by atoms with Gasteiger partial charge in [0.1, 0.15) is 5.60 Å². The molecule has 8 heteroatoms. The topological polar surface area (TPSA) is 90.5 Å². The molecule has 4 heterocycles. The van der Waals surface area contributed by atoms with Gasteiger partial charge in [-0.05, 0) is 37.8 Å². The minimum absolute atomic E-state index is 0.108. The Hall–Kier alpha value is -1.74. The summed E-state index contributed by atoms with van der Waals surface area (Å²) in [4.78, 5) is 16.8. The zero-order valence-electron chi connectivity index (χ0n) is 15.5. The van der Waals surface area contributed by atoms with Crippen LogP contribution in [0.2, 0.25) is 0 Å². The number of ether oxygens (including phenoxy) is 1. The van der Waals surface area contributed by atoms with Gasteiger partial charge in [-0.15, -0.1) is 11.3 Å². The molecule has 0 aliphatic carbocycles. The molecule has 1 unspecified atom stereocenters. The summed E-state index contributed by atoms with van der Waals surface area (Å²) < 4.78 is 6.30. The zero-order valence-corrected chi connectivity index (χ0v) is 16.3. The number of thiophene rings is 1. The van der Waals surface area contributed by atoms with Gasteiger partial charge in [-0.25, -0.2) is 0 Å². The molecule has 0 bridgehead atoms. The van der Waals surface area contributed by atoms with Crippen molar-refractivity contribution in [2.24, 2.45) is 0 Å². The Bertz CT molecular complexity index is 779. The first-order valence-corrected chi connectivity index (χ1v) is 10.3. The lowest BCUT2D eigenvalue weighted by Gasteiger charge is -2.43. The Labute approximate surface area is 162 Å². The van der Waals surface area contributed by atoms with Gasteiger partial charge in [0.05, 0.1) is 23.8 Å². The third-order valence-corrected chi connectivity index (χ3v) is 6.74. The lowest BCUT2D eigenvalue weighted by atomic mass is 9.85. The summed E-state index contributed by atoms with van der Waals surface area (Å²) >= 11 is 1.55. The summed E-state index contributed by atoms with van der Waals surface area (Å²) in [6.07, 6.45) is 6.00. The zero-order chi connectivity index (χ0) is 18.9. The van der Waals surface area contributed by atoms with E-state index in [-0.39, 0.29) is 18.1 Å². The van der Waals surface area contributed by atoms with Gasteiger partial charge in [0, 0.05) is 42.8 Å².